The predicted molar refractivity (Wildman–Crippen MR) is 84.4 cm³/mol. The topological polar surface area (TPSA) is 50.2 Å². The zero-order chi connectivity index (χ0) is 14.4. The molecule has 0 bridgehead atoms. The Morgan fingerprint density at radius 2 is 2.15 bits per heavy atom. The molecule has 0 saturated heterocycles. The van der Waals surface area contributed by atoms with E-state index in [2.05, 4.69) is 11.9 Å². The molecule has 0 aliphatic carbocycles. The average molecular weight is 307 g/mol. The maximum atomic E-state index is 11.3. The molecule has 0 spiro atoms. The van der Waals surface area contributed by atoms with Crippen molar-refractivity contribution >= 4 is 29.1 Å². The lowest BCUT2D eigenvalue weighted by Crippen LogP contribution is -2.19. The van der Waals surface area contributed by atoms with Crippen LogP contribution in [0.2, 0.25) is 0 Å². The van der Waals surface area contributed by atoms with E-state index in [-0.39, 0.29) is 0 Å². The fourth-order valence-electron chi connectivity index (χ4n) is 1.81. The molecule has 1 aromatic carbocycles. The molecule has 20 heavy (non-hydrogen) atoms. The molecule has 1 heterocycles. The summed E-state index contributed by atoms with van der Waals surface area (Å²) in [6.07, 6.45) is 1.48. The molecule has 1 atom stereocenters. The summed E-state index contributed by atoms with van der Waals surface area (Å²) in [6, 6.07) is 9.75. The summed E-state index contributed by atoms with van der Waals surface area (Å²) in [5.41, 5.74) is 2.04. The molecule has 2 rings (SSSR count). The van der Waals surface area contributed by atoms with Gasteiger partial charge in [0.2, 0.25) is 0 Å². The number of carboxylic acid groups (broad SMARTS) is 1. The number of aliphatic carboxylic acids is 1. The first-order valence-corrected chi connectivity index (χ1v) is 8.43. The molecule has 0 amide bonds. The lowest BCUT2D eigenvalue weighted by Gasteiger charge is -2.11. The molecule has 1 aromatic heterocycles. The van der Waals surface area contributed by atoms with E-state index < -0.39 is 11.2 Å². The van der Waals surface area contributed by atoms with E-state index >= 15 is 0 Å². The van der Waals surface area contributed by atoms with Crippen LogP contribution in [0.5, 0.6) is 0 Å². The Morgan fingerprint density at radius 1 is 1.40 bits per heavy atom. The number of carbonyl (C=O) groups is 1. The van der Waals surface area contributed by atoms with Gasteiger partial charge in [-0.2, -0.15) is 0 Å². The van der Waals surface area contributed by atoms with Gasteiger partial charge in [0.05, 0.1) is 10.7 Å². The third-order valence-electron chi connectivity index (χ3n) is 2.87. The van der Waals surface area contributed by atoms with E-state index in [1.54, 1.807) is 11.3 Å². The van der Waals surface area contributed by atoms with Crippen molar-refractivity contribution in [3.63, 3.8) is 0 Å². The van der Waals surface area contributed by atoms with Crippen LogP contribution in [0.25, 0.3) is 0 Å². The van der Waals surface area contributed by atoms with Gasteiger partial charge in [-0.25, -0.2) is 4.98 Å². The van der Waals surface area contributed by atoms with Crippen molar-refractivity contribution in [2.75, 3.05) is 0 Å². The van der Waals surface area contributed by atoms with Gasteiger partial charge in [0.25, 0.3) is 0 Å². The number of aryl methyl sites for hydroxylation is 1. The third kappa shape index (κ3) is 4.35. The second-order valence-corrected chi connectivity index (χ2v) is 6.55. The Morgan fingerprint density at radius 3 is 2.75 bits per heavy atom. The molecule has 2 aromatic rings. The van der Waals surface area contributed by atoms with Crippen LogP contribution < -0.4 is 0 Å². The van der Waals surface area contributed by atoms with Gasteiger partial charge in [0.15, 0.2) is 0 Å². The smallest absolute Gasteiger partial charge is 0.316 e. The van der Waals surface area contributed by atoms with E-state index in [0.717, 1.165) is 22.7 Å². The SMILES string of the molecule is CCc1nc(CSC(Cc2ccccc2)C(=O)O)cs1. The molecule has 0 aliphatic rings. The summed E-state index contributed by atoms with van der Waals surface area (Å²) < 4.78 is 0. The van der Waals surface area contributed by atoms with Crippen molar-refractivity contribution in [3.05, 3.63) is 52.0 Å². The van der Waals surface area contributed by atoms with E-state index in [1.165, 1.54) is 11.8 Å². The fourth-order valence-corrected chi connectivity index (χ4v) is 3.63. The van der Waals surface area contributed by atoms with Gasteiger partial charge in [0.1, 0.15) is 5.25 Å². The minimum atomic E-state index is -0.759. The number of thioether (sulfide) groups is 1. The van der Waals surface area contributed by atoms with Crippen LogP contribution in [0, 0.1) is 0 Å². The molecule has 1 unspecified atom stereocenters. The summed E-state index contributed by atoms with van der Waals surface area (Å²) >= 11 is 3.09. The van der Waals surface area contributed by atoms with E-state index in [0.29, 0.717) is 12.2 Å². The van der Waals surface area contributed by atoms with E-state index in [1.807, 2.05) is 35.7 Å². The maximum Gasteiger partial charge on any atom is 0.316 e. The zero-order valence-corrected chi connectivity index (χ0v) is 12.9. The van der Waals surface area contributed by atoms with Crippen LogP contribution in [0.3, 0.4) is 0 Å². The normalized spacial score (nSPS) is 12.2. The first kappa shape index (κ1) is 15.1. The first-order chi connectivity index (χ1) is 9.69. The highest BCUT2D eigenvalue weighted by Crippen LogP contribution is 2.23. The minimum Gasteiger partial charge on any atom is -0.480 e. The molecule has 5 heteroatoms. The zero-order valence-electron chi connectivity index (χ0n) is 11.3. The van der Waals surface area contributed by atoms with Crippen molar-refractivity contribution < 1.29 is 9.90 Å². The third-order valence-corrected chi connectivity index (χ3v) is 5.15. The van der Waals surface area contributed by atoms with Crippen LogP contribution in [-0.2, 0) is 23.4 Å². The molecule has 0 saturated carbocycles. The summed E-state index contributed by atoms with van der Waals surface area (Å²) in [7, 11) is 0. The Balaban J connectivity index is 1.94. The highest BCUT2D eigenvalue weighted by molar-refractivity contribution is 7.99. The average Bonchev–Trinajstić information content (AvgIpc) is 2.92. The van der Waals surface area contributed by atoms with Crippen molar-refractivity contribution in [2.45, 2.75) is 30.8 Å². The lowest BCUT2D eigenvalue weighted by molar-refractivity contribution is -0.136. The van der Waals surface area contributed by atoms with Crippen LogP contribution in [0.1, 0.15) is 23.2 Å². The number of thiazole rings is 1. The summed E-state index contributed by atoms with van der Waals surface area (Å²) in [5, 5.41) is 12.0. The number of carboxylic acids is 1. The molecule has 0 aliphatic heterocycles. The van der Waals surface area contributed by atoms with Gasteiger partial charge >= 0.3 is 5.97 Å². The Labute approximate surface area is 127 Å². The van der Waals surface area contributed by atoms with Crippen molar-refractivity contribution in [3.8, 4) is 0 Å². The first-order valence-electron chi connectivity index (χ1n) is 6.50. The molecule has 106 valence electrons. The molecule has 1 N–H and O–H groups in total. The number of benzene rings is 1. The van der Waals surface area contributed by atoms with Crippen LogP contribution >= 0.6 is 23.1 Å². The van der Waals surface area contributed by atoms with Gasteiger partial charge in [-0.1, -0.05) is 37.3 Å². The maximum absolute atomic E-state index is 11.3. The van der Waals surface area contributed by atoms with Gasteiger partial charge in [0, 0.05) is 11.1 Å². The predicted octanol–water partition coefficient (Wildman–Crippen LogP) is 3.63. The number of aromatic nitrogens is 1. The van der Waals surface area contributed by atoms with Gasteiger partial charge in [-0.3, -0.25) is 4.79 Å². The van der Waals surface area contributed by atoms with Crippen LogP contribution in [-0.4, -0.2) is 21.3 Å². The van der Waals surface area contributed by atoms with Crippen LogP contribution in [0.15, 0.2) is 35.7 Å². The minimum absolute atomic E-state index is 0.427. The second-order valence-electron chi connectivity index (χ2n) is 4.41. The Bertz CT molecular complexity index is 554. The second kappa shape index (κ2) is 7.45. The summed E-state index contributed by atoms with van der Waals surface area (Å²) in [4.78, 5) is 15.8. The molecule has 0 radical (unpaired) electrons. The van der Waals surface area contributed by atoms with E-state index in [9.17, 15) is 9.90 Å². The molecule has 0 fully saturated rings. The quantitative estimate of drug-likeness (QED) is 0.848. The van der Waals surface area contributed by atoms with Crippen LogP contribution in [0.4, 0.5) is 0 Å². The number of hydrogen-bond acceptors (Lipinski definition) is 4. The van der Waals surface area contributed by atoms with Gasteiger partial charge in [-0.05, 0) is 18.4 Å². The highest BCUT2D eigenvalue weighted by Gasteiger charge is 2.19. The van der Waals surface area contributed by atoms with Gasteiger partial charge < -0.3 is 5.11 Å². The molecular formula is C15H17NO2S2. The fraction of sp³-hybridized carbons (Fsp3) is 0.333. The van der Waals surface area contributed by atoms with Gasteiger partial charge in [-0.15, -0.1) is 23.1 Å². The highest BCUT2D eigenvalue weighted by atomic mass is 32.2. The lowest BCUT2D eigenvalue weighted by atomic mass is 10.1. The van der Waals surface area contributed by atoms with Crippen molar-refractivity contribution in [1.82, 2.24) is 4.98 Å². The van der Waals surface area contributed by atoms with E-state index in [4.69, 9.17) is 0 Å². The largest absolute Gasteiger partial charge is 0.480 e. The summed E-state index contributed by atoms with van der Waals surface area (Å²) in [6.45, 7) is 2.07. The molecule has 3 nitrogen and oxygen atoms in total. The monoisotopic (exact) mass is 307 g/mol. The number of nitrogens with zero attached hydrogens (tertiary/aromatic N) is 1. The standard InChI is InChI=1S/C15H17NO2S2/c1-2-14-16-12(10-20-14)9-19-13(15(17)18)8-11-6-4-3-5-7-11/h3-7,10,13H,2,8-9H2,1H3,(H,17,18). The van der Waals surface area contributed by atoms with Crippen molar-refractivity contribution in [2.24, 2.45) is 0 Å². The molecular weight excluding hydrogens is 290 g/mol. The Hall–Kier alpha value is -1.33. The number of hydrogen-bond donors (Lipinski definition) is 1. The Kier molecular flexibility index (Phi) is 5.61. The summed E-state index contributed by atoms with van der Waals surface area (Å²) in [5.74, 6) is -0.106. The number of rotatable bonds is 7. The van der Waals surface area contributed by atoms with Crippen molar-refractivity contribution in [1.29, 1.82) is 0 Å².